The zero-order chi connectivity index (χ0) is 9.26. The summed E-state index contributed by atoms with van der Waals surface area (Å²) < 4.78 is 1.89. The Balaban J connectivity index is 2.59. The van der Waals surface area contributed by atoms with Crippen LogP contribution in [0.5, 0.6) is 0 Å². The second-order valence-electron chi connectivity index (χ2n) is 2.85. The van der Waals surface area contributed by atoms with E-state index in [1.54, 1.807) is 0 Å². The third-order valence-corrected chi connectivity index (χ3v) is 2.64. The van der Waals surface area contributed by atoms with Crippen molar-refractivity contribution in [2.45, 2.75) is 6.92 Å². The fourth-order valence-electron chi connectivity index (χ4n) is 1.25. The molecular formula is C10H10N2S. The molecule has 1 aromatic heterocycles. The Morgan fingerprint density at radius 1 is 1.23 bits per heavy atom. The van der Waals surface area contributed by atoms with Crippen molar-refractivity contribution in [3.8, 4) is 5.69 Å². The molecule has 0 atom stereocenters. The summed E-state index contributed by atoms with van der Waals surface area (Å²) in [6.07, 6.45) is 1.99. The van der Waals surface area contributed by atoms with Gasteiger partial charge in [-0.2, -0.15) is 0 Å². The van der Waals surface area contributed by atoms with Crippen LogP contribution in [0.1, 0.15) is 4.88 Å². The van der Waals surface area contributed by atoms with Crippen molar-refractivity contribution < 1.29 is 0 Å². The van der Waals surface area contributed by atoms with Gasteiger partial charge in [-0.3, -0.25) is 9.98 Å². The molecule has 66 valence electrons. The van der Waals surface area contributed by atoms with Gasteiger partial charge in [-0.15, -0.1) is 11.3 Å². The lowest BCUT2D eigenvalue weighted by atomic mass is 10.3. The number of para-hydroxylation sites is 1. The second kappa shape index (κ2) is 3.18. The minimum atomic E-state index is 0.573. The summed E-state index contributed by atoms with van der Waals surface area (Å²) in [7, 11) is 0. The summed E-state index contributed by atoms with van der Waals surface area (Å²) in [6, 6.07) is 9.95. The summed E-state index contributed by atoms with van der Waals surface area (Å²) in [5.41, 5.74) is 1.05. The fourth-order valence-corrected chi connectivity index (χ4v) is 1.97. The van der Waals surface area contributed by atoms with E-state index in [2.05, 4.69) is 0 Å². The van der Waals surface area contributed by atoms with Crippen molar-refractivity contribution in [1.29, 1.82) is 5.41 Å². The number of hydrogen-bond acceptors (Lipinski definition) is 2. The molecule has 0 unspecified atom stereocenters. The van der Waals surface area contributed by atoms with Gasteiger partial charge in [0.15, 0.2) is 4.80 Å². The lowest BCUT2D eigenvalue weighted by Gasteiger charge is -1.99. The first-order valence-corrected chi connectivity index (χ1v) is 4.88. The summed E-state index contributed by atoms with van der Waals surface area (Å²) in [6.45, 7) is 2.02. The molecule has 0 radical (unpaired) electrons. The Bertz CT molecular complexity index is 453. The van der Waals surface area contributed by atoms with Crippen molar-refractivity contribution in [2.24, 2.45) is 0 Å². The van der Waals surface area contributed by atoms with E-state index in [1.807, 2.05) is 48.0 Å². The van der Waals surface area contributed by atoms with E-state index >= 15 is 0 Å². The molecule has 3 heteroatoms. The number of nitrogens with one attached hydrogen (secondary N) is 1. The van der Waals surface area contributed by atoms with Gasteiger partial charge >= 0.3 is 0 Å². The molecule has 1 aromatic carbocycles. The van der Waals surface area contributed by atoms with Crippen LogP contribution in [-0.4, -0.2) is 4.57 Å². The molecular weight excluding hydrogens is 180 g/mol. The zero-order valence-corrected chi connectivity index (χ0v) is 8.14. The van der Waals surface area contributed by atoms with Gasteiger partial charge in [-0.1, -0.05) is 18.2 Å². The van der Waals surface area contributed by atoms with Gasteiger partial charge in [-0.25, -0.2) is 0 Å². The van der Waals surface area contributed by atoms with Crippen LogP contribution in [0.4, 0.5) is 0 Å². The SMILES string of the molecule is Cc1cn(-c2ccccc2)c(=N)s1. The maximum atomic E-state index is 7.71. The van der Waals surface area contributed by atoms with Crippen LogP contribution in [0.3, 0.4) is 0 Å². The normalized spacial score (nSPS) is 10.2. The monoisotopic (exact) mass is 190 g/mol. The maximum Gasteiger partial charge on any atom is 0.186 e. The number of benzene rings is 1. The number of hydrogen-bond donors (Lipinski definition) is 1. The predicted molar refractivity (Wildman–Crippen MR) is 54.2 cm³/mol. The molecule has 0 saturated heterocycles. The number of nitrogens with zero attached hydrogens (tertiary/aromatic N) is 1. The number of aryl methyl sites for hydroxylation is 1. The van der Waals surface area contributed by atoms with E-state index in [-0.39, 0.29) is 0 Å². The van der Waals surface area contributed by atoms with Crippen LogP contribution in [0.2, 0.25) is 0 Å². The highest BCUT2D eigenvalue weighted by atomic mass is 32.1. The summed E-state index contributed by atoms with van der Waals surface area (Å²) in [5.74, 6) is 0. The van der Waals surface area contributed by atoms with Gasteiger partial charge < -0.3 is 0 Å². The Morgan fingerprint density at radius 3 is 2.46 bits per heavy atom. The lowest BCUT2D eigenvalue weighted by Crippen LogP contribution is -2.08. The molecule has 0 aliphatic carbocycles. The van der Waals surface area contributed by atoms with E-state index < -0.39 is 0 Å². The Morgan fingerprint density at radius 2 is 1.92 bits per heavy atom. The number of rotatable bonds is 1. The molecule has 0 saturated carbocycles. The lowest BCUT2D eigenvalue weighted by molar-refractivity contribution is 0.975. The minimum absolute atomic E-state index is 0.573. The summed E-state index contributed by atoms with van der Waals surface area (Å²) in [5, 5.41) is 7.71. The first-order valence-electron chi connectivity index (χ1n) is 4.06. The Kier molecular flexibility index (Phi) is 2.02. The average Bonchev–Trinajstić information content (AvgIpc) is 2.47. The van der Waals surface area contributed by atoms with Gasteiger partial charge in [0.2, 0.25) is 0 Å². The molecule has 0 aliphatic rings. The van der Waals surface area contributed by atoms with E-state index in [0.717, 1.165) is 10.6 Å². The van der Waals surface area contributed by atoms with Crippen LogP contribution in [0.15, 0.2) is 36.5 Å². The molecule has 2 nitrogen and oxygen atoms in total. The molecule has 0 fully saturated rings. The first kappa shape index (κ1) is 8.26. The van der Waals surface area contributed by atoms with Crippen molar-refractivity contribution in [3.63, 3.8) is 0 Å². The average molecular weight is 190 g/mol. The fraction of sp³-hybridized carbons (Fsp3) is 0.100. The molecule has 2 rings (SSSR count). The third-order valence-electron chi connectivity index (χ3n) is 1.82. The highest BCUT2D eigenvalue weighted by Gasteiger charge is 1.98. The van der Waals surface area contributed by atoms with Gasteiger partial charge in [0.05, 0.1) is 0 Å². The van der Waals surface area contributed by atoms with Gasteiger partial charge in [-0.05, 0) is 19.1 Å². The second-order valence-corrected chi connectivity index (χ2v) is 4.09. The standard InChI is InChI=1S/C10H10N2S/c1-8-7-12(10(11)13-8)9-5-3-2-4-6-9/h2-7,11H,1H3. The van der Waals surface area contributed by atoms with Gasteiger partial charge in [0, 0.05) is 16.8 Å². The number of thiazole rings is 1. The largest absolute Gasteiger partial charge is 0.293 e. The van der Waals surface area contributed by atoms with E-state index in [1.165, 1.54) is 11.3 Å². The topological polar surface area (TPSA) is 28.8 Å². The smallest absolute Gasteiger partial charge is 0.186 e. The molecule has 0 spiro atoms. The van der Waals surface area contributed by atoms with Crippen molar-refractivity contribution in [1.82, 2.24) is 4.57 Å². The molecule has 0 bridgehead atoms. The highest BCUT2D eigenvalue weighted by molar-refractivity contribution is 7.09. The van der Waals surface area contributed by atoms with Crippen molar-refractivity contribution >= 4 is 11.3 Å². The quantitative estimate of drug-likeness (QED) is 0.715. The Labute approximate surface area is 80.6 Å². The van der Waals surface area contributed by atoms with Crippen LogP contribution in [0, 0.1) is 12.3 Å². The highest BCUT2D eigenvalue weighted by Crippen LogP contribution is 2.08. The van der Waals surface area contributed by atoms with Crippen LogP contribution in [-0.2, 0) is 0 Å². The molecule has 1 N–H and O–H groups in total. The summed E-state index contributed by atoms with van der Waals surface area (Å²) in [4.78, 5) is 1.73. The van der Waals surface area contributed by atoms with Gasteiger partial charge in [0.25, 0.3) is 0 Å². The Hall–Kier alpha value is -1.35. The zero-order valence-electron chi connectivity index (χ0n) is 7.32. The molecule has 0 amide bonds. The van der Waals surface area contributed by atoms with E-state index in [9.17, 15) is 0 Å². The van der Waals surface area contributed by atoms with Crippen LogP contribution >= 0.6 is 11.3 Å². The van der Waals surface area contributed by atoms with Crippen LogP contribution in [0.25, 0.3) is 5.69 Å². The van der Waals surface area contributed by atoms with Crippen molar-refractivity contribution in [2.75, 3.05) is 0 Å². The van der Waals surface area contributed by atoms with Crippen molar-refractivity contribution in [3.05, 3.63) is 46.2 Å². The first-order chi connectivity index (χ1) is 6.27. The minimum Gasteiger partial charge on any atom is -0.293 e. The maximum absolute atomic E-state index is 7.71. The van der Waals surface area contributed by atoms with E-state index in [0.29, 0.717) is 4.80 Å². The summed E-state index contributed by atoms with van der Waals surface area (Å²) >= 11 is 1.49. The van der Waals surface area contributed by atoms with Crippen LogP contribution < -0.4 is 4.80 Å². The molecule has 0 aliphatic heterocycles. The molecule has 1 heterocycles. The van der Waals surface area contributed by atoms with Gasteiger partial charge in [0.1, 0.15) is 0 Å². The molecule has 2 aromatic rings. The van der Waals surface area contributed by atoms with E-state index in [4.69, 9.17) is 5.41 Å². The predicted octanol–water partition coefficient (Wildman–Crippen LogP) is 2.33. The number of aromatic nitrogens is 1. The third kappa shape index (κ3) is 1.55. The molecule has 13 heavy (non-hydrogen) atoms.